The third kappa shape index (κ3) is 6.41. The standard InChI is InChI=1S/C34H34N2O6S/c1-6-40-33(38)30-22(4)35-34-36(31(30)25-16-17-27(42-21(2)3)28(18-25)39-5)32(37)29(43-34)19-24-14-10-11-15-26(24)41-20-23-12-8-7-9-13-23/h7-19,21,31H,6,20H2,1-5H3. The molecular weight excluding hydrogens is 564 g/mol. The van der Waals surface area contributed by atoms with Crippen LogP contribution in [0.25, 0.3) is 6.08 Å². The summed E-state index contributed by atoms with van der Waals surface area (Å²) < 4.78 is 25.1. The van der Waals surface area contributed by atoms with Crippen LogP contribution in [0.5, 0.6) is 17.2 Å². The molecule has 222 valence electrons. The van der Waals surface area contributed by atoms with E-state index in [1.807, 2.05) is 80.6 Å². The number of carbonyl (C=O) groups is 1. The molecule has 2 heterocycles. The van der Waals surface area contributed by atoms with Crippen molar-refractivity contribution in [3.05, 3.63) is 120 Å². The van der Waals surface area contributed by atoms with Gasteiger partial charge in [-0.25, -0.2) is 9.79 Å². The fourth-order valence-corrected chi connectivity index (χ4v) is 5.96. The molecule has 8 nitrogen and oxygen atoms in total. The molecule has 1 unspecified atom stereocenters. The van der Waals surface area contributed by atoms with Crippen molar-refractivity contribution >= 4 is 23.4 Å². The van der Waals surface area contributed by atoms with Gasteiger partial charge in [0.15, 0.2) is 16.3 Å². The number of rotatable bonds is 10. The maximum absolute atomic E-state index is 14.1. The lowest BCUT2D eigenvalue weighted by atomic mass is 9.95. The van der Waals surface area contributed by atoms with Crippen LogP contribution in [-0.4, -0.2) is 30.4 Å². The predicted molar refractivity (Wildman–Crippen MR) is 166 cm³/mol. The smallest absolute Gasteiger partial charge is 0.338 e. The Balaban J connectivity index is 1.62. The highest BCUT2D eigenvalue weighted by Crippen LogP contribution is 2.36. The third-order valence-corrected chi connectivity index (χ3v) is 7.81. The number of thiazole rings is 1. The lowest BCUT2D eigenvalue weighted by molar-refractivity contribution is -0.139. The molecule has 0 fully saturated rings. The zero-order chi connectivity index (χ0) is 30.5. The molecule has 5 rings (SSSR count). The van der Waals surface area contributed by atoms with Crippen molar-refractivity contribution in [1.29, 1.82) is 0 Å². The van der Waals surface area contributed by atoms with Gasteiger partial charge < -0.3 is 18.9 Å². The van der Waals surface area contributed by atoms with E-state index in [1.54, 1.807) is 37.7 Å². The average molecular weight is 599 g/mol. The number of carbonyl (C=O) groups excluding carboxylic acids is 1. The molecule has 0 radical (unpaired) electrons. The topological polar surface area (TPSA) is 88.4 Å². The van der Waals surface area contributed by atoms with Gasteiger partial charge in [-0.05, 0) is 63.1 Å². The molecule has 1 aliphatic heterocycles. The van der Waals surface area contributed by atoms with Gasteiger partial charge in [0.05, 0.1) is 41.7 Å². The number of hydrogen-bond donors (Lipinski definition) is 0. The minimum Gasteiger partial charge on any atom is -0.493 e. The van der Waals surface area contributed by atoms with Crippen LogP contribution < -0.4 is 29.1 Å². The van der Waals surface area contributed by atoms with E-state index in [9.17, 15) is 9.59 Å². The monoisotopic (exact) mass is 598 g/mol. The van der Waals surface area contributed by atoms with Crippen LogP contribution in [0.3, 0.4) is 0 Å². The summed E-state index contributed by atoms with van der Waals surface area (Å²) in [4.78, 5) is 32.5. The molecule has 1 atom stereocenters. The Morgan fingerprint density at radius 3 is 2.49 bits per heavy atom. The molecule has 0 saturated heterocycles. The molecule has 3 aromatic carbocycles. The van der Waals surface area contributed by atoms with Gasteiger partial charge in [-0.2, -0.15) is 0 Å². The Bertz CT molecular complexity index is 1840. The summed E-state index contributed by atoms with van der Waals surface area (Å²) in [6.07, 6.45) is 1.75. The number of aromatic nitrogens is 1. The average Bonchev–Trinajstić information content (AvgIpc) is 3.30. The van der Waals surface area contributed by atoms with E-state index in [4.69, 9.17) is 18.9 Å². The van der Waals surface area contributed by atoms with Crippen molar-refractivity contribution in [2.45, 2.75) is 46.4 Å². The number of methoxy groups -OCH3 is 1. The first-order valence-electron chi connectivity index (χ1n) is 14.1. The van der Waals surface area contributed by atoms with Gasteiger partial charge in [0, 0.05) is 5.56 Å². The summed E-state index contributed by atoms with van der Waals surface area (Å²) in [5, 5.41) is 0. The van der Waals surface area contributed by atoms with Gasteiger partial charge in [-0.15, -0.1) is 0 Å². The maximum atomic E-state index is 14.1. The van der Waals surface area contributed by atoms with E-state index in [2.05, 4.69) is 4.99 Å². The van der Waals surface area contributed by atoms with Gasteiger partial charge in [-0.1, -0.05) is 65.9 Å². The van der Waals surface area contributed by atoms with Crippen LogP contribution in [0.1, 0.15) is 50.4 Å². The minimum absolute atomic E-state index is 0.0609. The maximum Gasteiger partial charge on any atom is 0.338 e. The van der Waals surface area contributed by atoms with Crippen LogP contribution in [0, 0.1) is 0 Å². The van der Waals surface area contributed by atoms with Gasteiger partial charge in [0.25, 0.3) is 5.56 Å². The number of fused-ring (bicyclic) bond motifs is 1. The number of esters is 1. The number of nitrogens with zero attached hydrogens (tertiary/aromatic N) is 2. The van der Waals surface area contributed by atoms with Gasteiger partial charge in [-0.3, -0.25) is 9.36 Å². The van der Waals surface area contributed by atoms with Crippen LogP contribution in [0.4, 0.5) is 0 Å². The SMILES string of the molecule is CCOC(=O)C1=C(C)N=c2sc(=Cc3ccccc3OCc3ccccc3)c(=O)n2C1c1ccc(OC(C)C)c(OC)c1. The van der Waals surface area contributed by atoms with Gasteiger partial charge >= 0.3 is 5.97 Å². The van der Waals surface area contributed by atoms with Crippen LogP contribution in [0.2, 0.25) is 0 Å². The fourth-order valence-electron chi connectivity index (χ4n) is 4.92. The molecule has 1 aliphatic rings. The molecule has 0 amide bonds. The van der Waals surface area contributed by atoms with E-state index < -0.39 is 12.0 Å². The quantitative estimate of drug-likeness (QED) is 0.234. The minimum atomic E-state index is -0.774. The molecular formula is C34H34N2O6S. The summed E-state index contributed by atoms with van der Waals surface area (Å²) >= 11 is 1.26. The molecule has 0 bridgehead atoms. The van der Waals surface area contributed by atoms with Gasteiger partial charge in [0.2, 0.25) is 0 Å². The van der Waals surface area contributed by atoms with Crippen LogP contribution >= 0.6 is 11.3 Å². The summed E-state index contributed by atoms with van der Waals surface area (Å²) in [7, 11) is 1.56. The second-order valence-corrected chi connectivity index (χ2v) is 11.2. The number of allylic oxidation sites excluding steroid dienone is 1. The van der Waals surface area contributed by atoms with Crippen LogP contribution in [-0.2, 0) is 16.1 Å². The largest absolute Gasteiger partial charge is 0.493 e. The predicted octanol–water partition coefficient (Wildman–Crippen LogP) is 5.17. The summed E-state index contributed by atoms with van der Waals surface area (Å²) in [5.41, 5.74) is 2.99. The Kier molecular flexibility index (Phi) is 9.11. The summed E-state index contributed by atoms with van der Waals surface area (Å²) in [5.74, 6) is 1.20. The molecule has 0 spiro atoms. The second kappa shape index (κ2) is 13.1. The van der Waals surface area contributed by atoms with Gasteiger partial charge in [0.1, 0.15) is 12.4 Å². The zero-order valence-corrected chi connectivity index (χ0v) is 25.6. The van der Waals surface area contributed by atoms with Crippen molar-refractivity contribution < 1.29 is 23.7 Å². The zero-order valence-electron chi connectivity index (χ0n) is 24.8. The molecule has 0 N–H and O–H groups in total. The Hall–Kier alpha value is -4.63. The Labute approximate surface area is 254 Å². The molecule has 4 aromatic rings. The highest BCUT2D eigenvalue weighted by Gasteiger charge is 2.34. The van der Waals surface area contributed by atoms with E-state index >= 15 is 0 Å². The van der Waals surface area contributed by atoms with E-state index in [0.29, 0.717) is 50.0 Å². The van der Waals surface area contributed by atoms with Crippen molar-refractivity contribution in [1.82, 2.24) is 4.57 Å². The van der Waals surface area contributed by atoms with Crippen molar-refractivity contribution in [3.8, 4) is 17.2 Å². The molecule has 9 heteroatoms. The lowest BCUT2D eigenvalue weighted by Gasteiger charge is -2.25. The Morgan fingerprint density at radius 1 is 1.02 bits per heavy atom. The first kappa shape index (κ1) is 29.8. The highest BCUT2D eigenvalue weighted by atomic mass is 32.1. The van der Waals surface area contributed by atoms with E-state index in [-0.39, 0.29) is 18.3 Å². The normalized spacial score (nSPS) is 14.7. The van der Waals surface area contributed by atoms with Crippen LogP contribution in [0.15, 0.2) is 93.9 Å². The van der Waals surface area contributed by atoms with E-state index in [1.165, 1.54) is 11.3 Å². The number of hydrogen-bond acceptors (Lipinski definition) is 8. The number of benzene rings is 3. The molecule has 0 aliphatic carbocycles. The molecule has 43 heavy (non-hydrogen) atoms. The summed E-state index contributed by atoms with van der Waals surface area (Å²) in [6, 6.07) is 22.1. The first-order valence-corrected chi connectivity index (χ1v) is 14.9. The molecule has 0 saturated carbocycles. The van der Waals surface area contributed by atoms with Crippen molar-refractivity contribution in [3.63, 3.8) is 0 Å². The Morgan fingerprint density at radius 2 is 1.77 bits per heavy atom. The van der Waals surface area contributed by atoms with E-state index in [0.717, 1.165) is 11.1 Å². The first-order chi connectivity index (χ1) is 20.8. The second-order valence-electron chi connectivity index (χ2n) is 10.2. The number of ether oxygens (including phenoxy) is 4. The lowest BCUT2D eigenvalue weighted by Crippen LogP contribution is -2.40. The molecule has 1 aromatic heterocycles. The highest BCUT2D eigenvalue weighted by molar-refractivity contribution is 7.07. The number of para-hydroxylation sites is 1. The van der Waals surface area contributed by atoms with Crippen molar-refractivity contribution in [2.24, 2.45) is 4.99 Å². The summed E-state index contributed by atoms with van der Waals surface area (Å²) in [6.45, 7) is 7.96. The fraction of sp³-hybridized carbons (Fsp3) is 0.265. The van der Waals surface area contributed by atoms with Crippen molar-refractivity contribution in [2.75, 3.05) is 13.7 Å². The third-order valence-electron chi connectivity index (χ3n) is 6.83.